The predicted octanol–water partition coefficient (Wildman–Crippen LogP) is 1.69. The predicted molar refractivity (Wildman–Crippen MR) is 83.7 cm³/mol. The van der Waals surface area contributed by atoms with Gasteiger partial charge in [-0.25, -0.2) is 8.78 Å². The van der Waals surface area contributed by atoms with E-state index < -0.39 is 47.1 Å². The number of benzene rings is 1. The minimum Gasteiger partial charge on any atom is -0.481 e. The number of aliphatic carboxylic acids is 1. The van der Waals surface area contributed by atoms with E-state index in [1.807, 2.05) is 0 Å². The Balaban J connectivity index is 1.65. The second-order valence-electron chi connectivity index (χ2n) is 6.46. The molecule has 1 heterocycles. The number of carbonyl (C=O) groups is 3. The Hall–Kier alpha value is -2.51. The summed E-state index contributed by atoms with van der Waals surface area (Å²) in [6.45, 7) is 0.101. The highest BCUT2D eigenvalue weighted by Gasteiger charge is 2.39. The Morgan fingerprint density at radius 1 is 1.12 bits per heavy atom. The lowest BCUT2D eigenvalue weighted by molar-refractivity contribution is -0.141. The van der Waals surface area contributed by atoms with Crippen LogP contribution in [0.4, 0.5) is 14.5 Å². The fourth-order valence-electron chi connectivity index (χ4n) is 3.52. The molecule has 8 heteroatoms. The molecule has 0 bridgehead atoms. The van der Waals surface area contributed by atoms with Crippen LogP contribution in [0.2, 0.25) is 0 Å². The van der Waals surface area contributed by atoms with E-state index in [4.69, 9.17) is 5.11 Å². The summed E-state index contributed by atoms with van der Waals surface area (Å²) in [5, 5.41) is 11.6. The molecular weight excluding hydrogens is 334 g/mol. The standard InChI is InChI=1S/C17H18F2N2O4/c18-11-2-1-3-12(19)14(11)21-7-6-13(16(21)23)20-15(22)9-4-5-10(8-9)17(24)25/h1-3,9-10,13H,4-8H2,(H,20,22)(H,24,25)/t9-,10+,13?/m0/s1. The summed E-state index contributed by atoms with van der Waals surface area (Å²) in [5.41, 5.74) is -0.406. The Kier molecular flexibility index (Phi) is 4.69. The van der Waals surface area contributed by atoms with Gasteiger partial charge in [0.05, 0.1) is 5.92 Å². The number of carboxylic acid groups (broad SMARTS) is 1. The second-order valence-corrected chi connectivity index (χ2v) is 6.46. The van der Waals surface area contributed by atoms with E-state index in [9.17, 15) is 23.2 Å². The fraction of sp³-hybridized carbons (Fsp3) is 0.471. The molecule has 0 aromatic heterocycles. The van der Waals surface area contributed by atoms with Gasteiger partial charge < -0.3 is 15.3 Å². The first-order chi connectivity index (χ1) is 11.9. The summed E-state index contributed by atoms with van der Waals surface area (Å²) < 4.78 is 27.7. The molecule has 1 unspecified atom stereocenters. The zero-order valence-electron chi connectivity index (χ0n) is 13.4. The molecule has 6 nitrogen and oxygen atoms in total. The molecule has 1 aliphatic carbocycles. The van der Waals surface area contributed by atoms with Crippen molar-refractivity contribution in [2.45, 2.75) is 31.7 Å². The number of anilines is 1. The summed E-state index contributed by atoms with van der Waals surface area (Å²) in [6, 6.07) is 2.51. The Labute approximate surface area is 142 Å². The van der Waals surface area contributed by atoms with E-state index in [1.165, 1.54) is 6.07 Å². The number of carbonyl (C=O) groups excluding carboxylic acids is 2. The summed E-state index contributed by atoms with van der Waals surface area (Å²) in [7, 11) is 0. The number of carboxylic acids is 1. The molecule has 2 N–H and O–H groups in total. The number of hydrogen-bond acceptors (Lipinski definition) is 3. The number of halogens is 2. The Morgan fingerprint density at radius 3 is 2.36 bits per heavy atom. The highest BCUT2D eigenvalue weighted by Crippen LogP contribution is 2.32. The van der Waals surface area contributed by atoms with Crippen LogP contribution in [-0.2, 0) is 14.4 Å². The zero-order chi connectivity index (χ0) is 18.1. The van der Waals surface area contributed by atoms with Crippen molar-refractivity contribution in [2.24, 2.45) is 11.8 Å². The quantitative estimate of drug-likeness (QED) is 0.863. The smallest absolute Gasteiger partial charge is 0.306 e. The van der Waals surface area contributed by atoms with Crippen molar-refractivity contribution in [1.29, 1.82) is 0 Å². The molecule has 134 valence electrons. The van der Waals surface area contributed by atoms with Crippen LogP contribution in [0.15, 0.2) is 18.2 Å². The molecule has 25 heavy (non-hydrogen) atoms. The molecule has 2 amide bonds. The number of amides is 2. The van der Waals surface area contributed by atoms with Crippen LogP contribution in [-0.4, -0.2) is 35.5 Å². The first-order valence-electron chi connectivity index (χ1n) is 8.17. The van der Waals surface area contributed by atoms with Crippen molar-refractivity contribution < 1.29 is 28.3 Å². The van der Waals surface area contributed by atoms with Crippen molar-refractivity contribution in [3.05, 3.63) is 29.8 Å². The van der Waals surface area contributed by atoms with E-state index >= 15 is 0 Å². The maximum Gasteiger partial charge on any atom is 0.306 e. The van der Waals surface area contributed by atoms with E-state index in [1.54, 1.807) is 0 Å². The highest BCUT2D eigenvalue weighted by atomic mass is 19.1. The number of para-hydroxylation sites is 1. The average molecular weight is 352 g/mol. The summed E-state index contributed by atoms with van der Waals surface area (Å²) in [5.74, 6) is -4.52. The maximum absolute atomic E-state index is 13.9. The van der Waals surface area contributed by atoms with Gasteiger partial charge >= 0.3 is 5.97 Å². The largest absolute Gasteiger partial charge is 0.481 e. The second kappa shape index (κ2) is 6.78. The normalized spacial score (nSPS) is 26.1. The Morgan fingerprint density at radius 2 is 1.76 bits per heavy atom. The lowest BCUT2D eigenvalue weighted by atomic mass is 10.0. The monoisotopic (exact) mass is 352 g/mol. The molecule has 1 aromatic rings. The molecule has 2 fully saturated rings. The molecule has 3 atom stereocenters. The number of nitrogens with one attached hydrogen (secondary N) is 1. The van der Waals surface area contributed by atoms with Crippen molar-refractivity contribution >= 4 is 23.5 Å². The van der Waals surface area contributed by atoms with Crippen molar-refractivity contribution in [3.8, 4) is 0 Å². The third-order valence-electron chi connectivity index (χ3n) is 4.88. The Bertz CT molecular complexity index is 704. The zero-order valence-corrected chi connectivity index (χ0v) is 13.4. The number of hydrogen-bond donors (Lipinski definition) is 2. The van der Waals surface area contributed by atoms with Crippen LogP contribution in [0.25, 0.3) is 0 Å². The molecule has 1 aromatic carbocycles. The van der Waals surface area contributed by atoms with E-state index in [-0.39, 0.29) is 25.3 Å². The summed E-state index contributed by atoms with van der Waals surface area (Å²) in [4.78, 5) is 36.7. The molecule has 1 saturated heterocycles. The van der Waals surface area contributed by atoms with Gasteiger partial charge in [-0.3, -0.25) is 14.4 Å². The fourth-order valence-corrected chi connectivity index (χ4v) is 3.52. The van der Waals surface area contributed by atoms with Gasteiger partial charge in [0.15, 0.2) is 0 Å². The molecular formula is C17H18F2N2O4. The van der Waals surface area contributed by atoms with Gasteiger partial charge in [-0.2, -0.15) is 0 Å². The van der Waals surface area contributed by atoms with Crippen LogP contribution < -0.4 is 10.2 Å². The lowest BCUT2D eigenvalue weighted by Crippen LogP contribution is -2.44. The van der Waals surface area contributed by atoms with Crippen molar-refractivity contribution in [1.82, 2.24) is 5.32 Å². The molecule has 0 spiro atoms. The highest BCUT2D eigenvalue weighted by molar-refractivity contribution is 6.01. The molecule has 0 radical (unpaired) electrons. The average Bonchev–Trinajstić information content (AvgIpc) is 3.17. The van der Waals surface area contributed by atoms with Gasteiger partial charge in [-0.05, 0) is 37.8 Å². The number of rotatable bonds is 4. The van der Waals surface area contributed by atoms with Gasteiger partial charge in [0.2, 0.25) is 11.8 Å². The van der Waals surface area contributed by atoms with Crippen LogP contribution in [0.5, 0.6) is 0 Å². The van der Waals surface area contributed by atoms with Gasteiger partial charge in [-0.1, -0.05) is 6.07 Å². The summed E-state index contributed by atoms with van der Waals surface area (Å²) >= 11 is 0. The van der Waals surface area contributed by atoms with Crippen LogP contribution in [0.1, 0.15) is 25.7 Å². The van der Waals surface area contributed by atoms with Crippen LogP contribution in [0, 0.1) is 23.5 Å². The summed E-state index contributed by atoms with van der Waals surface area (Å²) in [6.07, 6.45) is 1.37. The topological polar surface area (TPSA) is 86.7 Å². The van der Waals surface area contributed by atoms with Gasteiger partial charge in [-0.15, -0.1) is 0 Å². The third-order valence-corrected chi connectivity index (χ3v) is 4.88. The molecule has 2 aliphatic rings. The van der Waals surface area contributed by atoms with Crippen LogP contribution in [0.3, 0.4) is 0 Å². The molecule has 1 saturated carbocycles. The first kappa shape index (κ1) is 17.3. The minimum absolute atomic E-state index is 0.101. The maximum atomic E-state index is 13.9. The van der Waals surface area contributed by atoms with E-state index in [0.717, 1.165) is 17.0 Å². The third kappa shape index (κ3) is 3.33. The van der Waals surface area contributed by atoms with Gasteiger partial charge in [0.25, 0.3) is 0 Å². The van der Waals surface area contributed by atoms with Gasteiger partial charge in [0.1, 0.15) is 23.4 Å². The lowest BCUT2D eigenvalue weighted by Gasteiger charge is -2.19. The number of nitrogens with zero attached hydrogens (tertiary/aromatic N) is 1. The van der Waals surface area contributed by atoms with Crippen molar-refractivity contribution in [3.63, 3.8) is 0 Å². The van der Waals surface area contributed by atoms with E-state index in [0.29, 0.717) is 12.8 Å². The van der Waals surface area contributed by atoms with E-state index in [2.05, 4.69) is 5.32 Å². The van der Waals surface area contributed by atoms with Crippen LogP contribution >= 0.6 is 0 Å². The van der Waals surface area contributed by atoms with Gasteiger partial charge in [0, 0.05) is 12.5 Å². The minimum atomic E-state index is -0.923. The van der Waals surface area contributed by atoms with Crippen molar-refractivity contribution in [2.75, 3.05) is 11.4 Å². The molecule has 3 rings (SSSR count). The SMILES string of the molecule is O=C(O)[C@@H]1CC[C@H](C(=O)NC2CCN(c3c(F)cccc3F)C2=O)C1. The molecule has 1 aliphatic heterocycles. The first-order valence-corrected chi connectivity index (χ1v) is 8.17.